The quantitative estimate of drug-likeness (QED) is 0.743. The van der Waals surface area contributed by atoms with E-state index in [4.69, 9.17) is 4.74 Å². The van der Waals surface area contributed by atoms with Gasteiger partial charge >= 0.3 is 0 Å². The van der Waals surface area contributed by atoms with Crippen LogP contribution in [0.5, 0.6) is 5.75 Å². The number of likely N-dealkylation sites (tertiary alicyclic amines) is 1. The molecule has 0 aliphatic carbocycles. The molecule has 4 heteroatoms. The summed E-state index contributed by atoms with van der Waals surface area (Å²) in [6.07, 6.45) is 5.04. The zero-order chi connectivity index (χ0) is 14.4. The summed E-state index contributed by atoms with van der Waals surface area (Å²) < 4.78 is 5.14. The fraction of sp³-hybridized carbons (Fsp3) is 0.562. The van der Waals surface area contributed by atoms with Crippen molar-refractivity contribution in [2.75, 3.05) is 19.0 Å². The SMILES string of the molecule is COc1ccc(CC(=O)N2CCCC2CCCBr)cc1. The monoisotopic (exact) mass is 339 g/mol. The molecule has 1 saturated heterocycles. The third-order valence-corrected chi connectivity index (χ3v) is 4.44. The summed E-state index contributed by atoms with van der Waals surface area (Å²) in [5.41, 5.74) is 1.06. The molecule has 1 aromatic carbocycles. The highest BCUT2D eigenvalue weighted by atomic mass is 79.9. The van der Waals surface area contributed by atoms with Gasteiger partial charge in [0.1, 0.15) is 5.75 Å². The van der Waals surface area contributed by atoms with Crippen molar-refractivity contribution < 1.29 is 9.53 Å². The number of hydrogen-bond acceptors (Lipinski definition) is 2. The van der Waals surface area contributed by atoms with Crippen LogP contribution in [0.3, 0.4) is 0 Å². The number of methoxy groups -OCH3 is 1. The van der Waals surface area contributed by atoms with Crippen molar-refractivity contribution in [2.24, 2.45) is 0 Å². The molecule has 1 aromatic rings. The van der Waals surface area contributed by atoms with Crippen LogP contribution in [0, 0.1) is 0 Å². The van der Waals surface area contributed by atoms with E-state index in [-0.39, 0.29) is 5.91 Å². The summed E-state index contributed by atoms with van der Waals surface area (Å²) in [5, 5.41) is 1.02. The summed E-state index contributed by atoms with van der Waals surface area (Å²) in [6, 6.07) is 8.21. The number of ether oxygens (including phenoxy) is 1. The van der Waals surface area contributed by atoms with Gasteiger partial charge in [0.15, 0.2) is 0 Å². The predicted molar refractivity (Wildman–Crippen MR) is 84.5 cm³/mol. The molecule has 1 aliphatic heterocycles. The molecule has 0 aromatic heterocycles. The maximum absolute atomic E-state index is 12.4. The van der Waals surface area contributed by atoms with Crippen molar-refractivity contribution >= 4 is 21.8 Å². The zero-order valence-electron chi connectivity index (χ0n) is 12.0. The minimum atomic E-state index is 0.257. The molecule has 0 radical (unpaired) electrons. The van der Waals surface area contributed by atoms with E-state index in [0.29, 0.717) is 12.5 Å². The average molecular weight is 340 g/mol. The zero-order valence-corrected chi connectivity index (χ0v) is 13.6. The number of halogens is 1. The van der Waals surface area contributed by atoms with E-state index in [2.05, 4.69) is 20.8 Å². The minimum absolute atomic E-state index is 0.257. The lowest BCUT2D eigenvalue weighted by atomic mass is 10.1. The van der Waals surface area contributed by atoms with Crippen LogP contribution in [-0.2, 0) is 11.2 Å². The summed E-state index contributed by atoms with van der Waals surface area (Å²) >= 11 is 3.47. The molecule has 110 valence electrons. The molecule has 0 spiro atoms. The van der Waals surface area contributed by atoms with Gasteiger partial charge < -0.3 is 9.64 Å². The standard InChI is InChI=1S/C16H22BrNO2/c1-20-15-8-6-13(7-9-15)12-16(19)18-11-3-5-14(18)4-2-10-17/h6-9,14H,2-5,10-12H2,1H3. The topological polar surface area (TPSA) is 29.5 Å². The number of nitrogens with zero attached hydrogens (tertiary/aromatic N) is 1. The number of alkyl halides is 1. The number of hydrogen-bond donors (Lipinski definition) is 0. The first-order chi connectivity index (χ1) is 9.74. The molecule has 0 saturated carbocycles. The van der Waals surface area contributed by atoms with Crippen LogP contribution in [0.25, 0.3) is 0 Å². The molecule has 1 atom stereocenters. The number of carbonyl (C=O) groups is 1. The first kappa shape index (κ1) is 15.4. The lowest BCUT2D eigenvalue weighted by Gasteiger charge is -2.24. The van der Waals surface area contributed by atoms with Crippen LogP contribution in [0.15, 0.2) is 24.3 Å². The van der Waals surface area contributed by atoms with Crippen LogP contribution >= 0.6 is 15.9 Å². The van der Waals surface area contributed by atoms with Gasteiger partial charge in [0.2, 0.25) is 5.91 Å². The van der Waals surface area contributed by atoms with Gasteiger partial charge in [-0.2, -0.15) is 0 Å². The fourth-order valence-corrected chi connectivity index (χ4v) is 3.12. The second kappa shape index (κ2) is 7.67. The Morgan fingerprint density at radius 3 is 2.80 bits per heavy atom. The Kier molecular flexibility index (Phi) is 5.89. The fourth-order valence-electron chi connectivity index (χ4n) is 2.80. The normalized spacial score (nSPS) is 18.3. The lowest BCUT2D eigenvalue weighted by Crippen LogP contribution is -2.36. The van der Waals surface area contributed by atoms with E-state index < -0.39 is 0 Å². The van der Waals surface area contributed by atoms with E-state index in [1.165, 1.54) is 0 Å². The summed E-state index contributed by atoms with van der Waals surface area (Å²) in [7, 11) is 1.65. The Hall–Kier alpha value is -1.03. The molecule has 1 amide bonds. The van der Waals surface area contributed by atoms with Crippen LogP contribution in [0.1, 0.15) is 31.2 Å². The van der Waals surface area contributed by atoms with E-state index in [1.54, 1.807) is 7.11 Å². The van der Waals surface area contributed by atoms with Gasteiger partial charge in [0, 0.05) is 17.9 Å². The maximum atomic E-state index is 12.4. The summed E-state index contributed by atoms with van der Waals surface area (Å²) in [5.74, 6) is 1.09. The van der Waals surface area contributed by atoms with Crippen molar-refractivity contribution in [2.45, 2.75) is 38.1 Å². The number of carbonyl (C=O) groups excluding carboxylic acids is 1. The Balaban J connectivity index is 1.92. The van der Waals surface area contributed by atoms with E-state index >= 15 is 0 Å². The van der Waals surface area contributed by atoms with Gasteiger partial charge in [0.05, 0.1) is 13.5 Å². The van der Waals surface area contributed by atoms with Crippen LogP contribution in [0.2, 0.25) is 0 Å². The number of rotatable bonds is 6. The van der Waals surface area contributed by atoms with Crippen LogP contribution in [-0.4, -0.2) is 35.8 Å². The van der Waals surface area contributed by atoms with Crippen molar-refractivity contribution in [1.82, 2.24) is 4.90 Å². The molecule has 2 rings (SSSR count). The van der Waals surface area contributed by atoms with Crippen molar-refractivity contribution in [3.63, 3.8) is 0 Å². The minimum Gasteiger partial charge on any atom is -0.497 e. The summed E-state index contributed by atoms with van der Waals surface area (Å²) in [4.78, 5) is 14.5. The molecule has 1 unspecified atom stereocenters. The van der Waals surface area contributed by atoms with E-state index in [1.807, 2.05) is 24.3 Å². The Bertz CT molecular complexity index is 433. The van der Waals surface area contributed by atoms with Gasteiger partial charge in [-0.05, 0) is 43.4 Å². The number of benzene rings is 1. The van der Waals surface area contributed by atoms with Crippen molar-refractivity contribution in [1.29, 1.82) is 0 Å². The summed E-state index contributed by atoms with van der Waals surface area (Å²) in [6.45, 7) is 0.919. The van der Waals surface area contributed by atoms with E-state index in [0.717, 1.165) is 48.9 Å². The first-order valence-corrected chi connectivity index (χ1v) is 8.35. The maximum Gasteiger partial charge on any atom is 0.227 e. The molecule has 1 aliphatic rings. The molecule has 1 heterocycles. The van der Waals surface area contributed by atoms with Gasteiger partial charge in [-0.25, -0.2) is 0 Å². The molecular weight excluding hydrogens is 318 g/mol. The second-order valence-electron chi connectivity index (χ2n) is 5.24. The predicted octanol–water partition coefficient (Wildman–Crippen LogP) is 3.40. The molecule has 1 fully saturated rings. The van der Waals surface area contributed by atoms with Gasteiger partial charge in [0.25, 0.3) is 0 Å². The van der Waals surface area contributed by atoms with Gasteiger partial charge in [-0.3, -0.25) is 4.79 Å². The van der Waals surface area contributed by atoms with Gasteiger partial charge in [-0.15, -0.1) is 0 Å². The smallest absolute Gasteiger partial charge is 0.227 e. The largest absolute Gasteiger partial charge is 0.497 e. The average Bonchev–Trinajstić information content (AvgIpc) is 2.94. The third kappa shape index (κ3) is 3.98. The highest BCUT2D eigenvalue weighted by molar-refractivity contribution is 9.09. The van der Waals surface area contributed by atoms with Crippen LogP contribution < -0.4 is 4.74 Å². The highest BCUT2D eigenvalue weighted by Crippen LogP contribution is 2.23. The number of amides is 1. The van der Waals surface area contributed by atoms with Crippen LogP contribution in [0.4, 0.5) is 0 Å². The molecule has 0 bridgehead atoms. The molecular formula is C16H22BrNO2. The lowest BCUT2D eigenvalue weighted by molar-refractivity contribution is -0.131. The Morgan fingerprint density at radius 2 is 2.15 bits per heavy atom. The molecule has 20 heavy (non-hydrogen) atoms. The first-order valence-electron chi connectivity index (χ1n) is 7.23. The Labute approximate surface area is 129 Å². The second-order valence-corrected chi connectivity index (χ2v) is 6.03. The van der Waals surface area contributed by atoms with Gasteiger partial charge in [-0.1, -0.05) is 28.1 Å². The third-order valence-electron chi connectivity index (χ3n) is 3.88. The molecule has 3 nitrogen and oxygen atoms in total. The highest BCUT2D eigenvalue weighted by Gasteiger charge is 2.27. The Morgan fingerprint density at radius 1 is 1.40 bits per heavy atom. The van der Waals surface area contributed by atoms with E-state index in [9.17, 15) is 4.79 Å². The molecule has 0 N–H and O–H groups in total. The van der Waals surface area contributed by atoms with Crippen molar-refractivity contribution in [3.05, 3.63) is 29.8 Å². The van der Waals surface area contributed by atoms with Crippen molar-refractivity contribution in [3.8, 4) is 5.75 Å².